The van der Waals surface area contributed by atoms with Crippen LogP contribution in [0.15, 0.2) is 36.4 Å². The molecule has 0 saturated carbocycles. The Kier molecular flexibility index (Phi) is 3.29. The lowest BCUT2D eigenvalue weighted by molar-refractivity contribution is 0.0982. The molecule has 3 rings (SSSR count). The van der Waals surface area contributed by atoms with Gasteiger partial charge in [-0.1, -0.05) is 17.7 Å². The number of hydrogen-bond donors (Lipinski definition) is 2. The van der Waals surface area contributed by atoms with Gasteiger partial charge in [0, 0.05) is 18.3 Å². The third kappa shape index (κ3) is 2.44. The predicted octanol–water partition coefficient (Wildman–Crippen LogP) is 3.00. The molecule has 1 aliphatic heterocycles. The highest BCUT2D eigenvalue weighted by atomic mass is 16.3. The maximum atomic E-state index is 12.7. The first kappa shape index (κ1) is 13.5. The molecule has 0 aliphatic carbocycles. The van der Waals surface area contributed by atoms with E-state index in [9.17, 15) is 15.0 Å². The van der Waals surface area contributed by atoms with Crippen molar-refractivity contribution in [3.05, 3.63) is 53.1 Å². The Morgan fingerprint density at radius 3 is 2.71 bits per heavy atom. The Bertz CT molecular complexity index is 709. The Hall–Kier alpha value is -2.49. The highest BCUT2D eigenvalue weighted by Crippen LogP contribution is 2.31. The second kappa shape index (κ2) is 5.13. The van der Waals surface area contributed by atoms with Crippen LogP contribution in [-0.4, -0.2) is 22.7 Å². The van der Waals surface area contributed by atoms with Gasteiger partial charge in [-0.2, -0.15) is 0 Å². The van der Waals surface area contributed by atoms with Crippen LogP contribution in [0.1, 0.15) is 27.9 Å². The molecule has 2 aromatic carbocycles. The van der Waals surface area contributed by atoms with E-state index in [1.807, 2.05) is 19.1 Å². The first-order chi connectivity index (χ1) is 10.1. The third-order valence-electron chi connectivity index (χ3n) is 3.81. The van der Waals surface area contributed by atoms with Gasteiger partial charge in [-0.05, 0) is 43.5 Å². The minimum Gasteiger partial charge on any atom is -0.508 e. The van der Waals surface area contributed by atoms with Crippen molar-refractivity contribution < 1.29 is 15.0 Å². The highest BCUT2D eigenvalue weighted by molar-refractivity contribution is 6.08. The molecule has 0 unspecified atom stereocenters. The SMILES string of the molecule is Cc1ccc2c(c1)CCCN2C(=O)c1ccc(O)cc1O. The summed E-state index contributed by atoms with van der Waals surface area (Å²) < 4.78 is 0. The molecule has 2 N–H and O–H groups in total. The van der Waals surface area contributed by atoms with Crippen molar-refractivity contribution >= 4 is 11.6 Å². The number of hydrogen-bond acceptors (Lipinski definition) is 3. The number of aryl methyl sites for hydroxylation is 2. The monoisotopic (exact) mass is 283 g/mol. The van der Waals surface area contributed by atoms with E-state index < -0.39 is 0 Å². The fourth-order valence-electron chi connectivity index (χ4n) is 2.78. The fourth-order valence-corrected chi connectivity index (χ4v) is 2.78. The van der Waals surface area contributed by atoms with Crippen molar-refractivity contribution in [2.24, 2.45) is 0 Å². The fraction of sp³-hybridized carbons (Fsp3) is 0.235. The van der Waals surface area contributed by atoms with Gasteiger partial charge < -0.3 is 15.1 Å². The summed E-state index contributed by atoms with van der Waals surface area (Å²) in [6.45, 7) is 2.67. The average molecular weight is 283 g/mol. The lowest BCUT2D eigenvalue weighted by Crippen LogP contribution is -2.35. The van der Waals surface area contributed by atoms with E-state index in [1.54, 1.807) is 4.90 Å². The Morgan fingerprint density at radius 1 is 1.14 bits per heavy atom. The molecular formula is C17H17NO3. The molecule has 108 valence electrons. The number of rotatable bonds is 1. The average Bonchev–Trinajstić information content (AvgIpc) is 2.45. The predicted molar refractivity (Wildman–Crippen MR) is 80.9 cm³/mol. The molecule has 2 aromatic rings. The first-order valence-corrected chi connectivity index (χ1v) is 6.99. The van der Waals surface area contributed by atoms with Gasteiger partial charge >= 0.3 is 0 Å². The Labute approximate surface area is 123 Å². The zero-order chi connectivity index (χ0) is 15.0. The van der Waals surface area contributed by atoms with Crippen LogP contribution in [-0.2, 0) is 6.42 Å². The van der Waals surface area contributed by atoms with Crippen molar-refractivity contribution in [1.29, 1.82) is 0 Å². The van der Waals surface area contributed by atoms with Crippen LogP contribution in [0, 0.1) is 6.92 Å². The van der Waals surface area contributed by atoms with Crippen LogP contribution in [0.4, 0.5) is 5.69 Å². The van der Waals surface area contributed by atoms with E-state index >= 15 is 0 Å². The standard InChI is InChI=1S/C17H17NO3/c1-11-4-7-15-12(9-11)3-2-8-18(15)17(21)14-6-5-13(19)10-16(14)20/h4-7,9-10,19-20H,2-3,8H2,1H3. The molecule has 21 heavy (non-hydrogen) atoms. The number of benzene rings is 2. The molecule has 0 radical (unpaired) electrons. The minimum absolute atomic E-state index is 0.0567. The van der Waals surface area contributed by atoms with Gasteiger partial charge in [0.2, 0.25) is 0 Å². The van der Waals surface area contributed by atoms with E-state index in [2.05, 4.69) is 6.07 Å². The van der Waals surface area contributed by atoms with E-state index in [0.717, 1.165) is 24.1 Å². The van der Waals surface area contributed by atoms with Crippen LogP contribution in [0.5, 0.6) is 11.5 Å². The minimum atomic E-state index is -0.239. The highest BCUT2D eigenvalue weighted by Gasteiger charge is 2.25. The van der Waals surface area contributed by atoms with Crippen LogP contribution in [0.25, 0.3) is 0 Å². The van der Waals surface area contributed by atoms with E-state index in [0.29, 0.717) is 6.54 Å². The van der Waals surface area contributed by atoms with E-state index in [-0.39, 0.29) is 23.0 Å². The normalized spacial score (nSPS) is 13.9. The van der Waals surface area contributed by atoms with Gasteiger partial charge in [0.15, 0.2) is 0 Å². The lowest BCUT2D eigenvalue weighted by atomic mass is 9.98. The summed E-state index contributed by atoms with van der Waals surface area (Å²) in [6, 6.07) is 10.1. The number of carbonyl (C=O) groups excluding carboxylic acids is 1. The second-order valence-electron chi connectivity index (χ2n) is 5.39. The summed E-state index contributed by atoms with van der Waals surface area (Å²) in [5.74, 6) is -0.491. The van der Waals surface area contributed by atoms with E-state index in [4.69, 9.17) is 0 Å². The van der Waals surface area contributed by atoms with Gasteiger partial charge in [-0.3, -0.25) is 4.79 Å². The summed E-state index contributed by atoms with van der Waals surface area (Å²) in [6.07, 6.45) is 1.86. The summed E-state index contributed by atoms with van der Waals surface area (Å²) in [4.78, 5) is 14.4. The summed E-state index contributed by atoms with van der Waals surface area (Å²) in [7, 11) is 0. The summed E-state index contributed by atoms with van der Waals surface area (Å²) >= 11 is 0. The molecular weight excluding hydrogens is 266 g/mol. The molecule has 0 spiro atoms. The van der Waals surface area contributed by atoms with Crippen molar-refractivity contribution in [3.63, 3.8) is 0 Å². The number of fused-ring (bicyclic) bond motifs is 1. The number of phenols is 2. The molecule has 4 nitrogen and oxygen atoms in total. The molecule has 1 amide bonds. The van der Waals surface area contributed by atoms with Crippen LogP contribution < -0.4 is 4.90 Å². The number of anilines is 1. The Balaban J connectivity index is 2.00. The number of carbonyl (C=O) groups is 1. The van der Waals surface area contributed by atoms with Gasteiger partial charge in [0.05, 0.1) is 5.56 Å². The molecule has 0 fully saturated rings. The largest absolute Gasteiger partial charge is 0.508 e. The van der Waals surface area contributed by atoms with Gasteiger partial charge in [0.25, 0.3) is 5.91 Å². The van der Waals surface area contributed by atoms with Gasteiger partial charge in [-0.25, -0.2) is 0 Å². The van der Waals surface area contributed by atoms with Gasteiger partial charge in [-0.15, -0.1) is 0 Å². The quantitative estimate of drug-likeness (QED) is 0.845. The Morgan fingerprint density at radius 2 is 1.95 bits per heavy atom. The molecule has 0 aromatic heterocycles. The molecule has 0 bridgehead atoms. The zero-order valence-corrected chi connectivity index (χ0v) is 11.8. The number of amides is 1. The maximum absolute atomic E-state index is 12.7. The van der Waals surface area contributed by atoms with Crippen molar-refractivity contribution in [2.75, 3.05) is 11.4 Å². The maximum Gasteiger partial charge on any atom is 0.262 e. The smallest absolute Gasteiger partial charge is 0.262 e. The van der Waals surface area contributed by atoms with Crippen LogP contribution >= 0.6 is 0 Å². The van der Waals surface area contributed by atoms with Crippen LogP contribution in [0.3, 0.4) is 0 Å². The first-order valence-electron chi connectivity index (χ1n) is 6.99. The van der Waals surface area contributed by atoms with E-state index in [1.165, 1.54) is 23.8 Å². The molecule has 1 aliphatic rings. The number of phenolic OH excluding ortho intramolecular Hbond substituents is 2. The summed E-state index contributed by atoms with van der Waals surface area (Å²) in [5.41, 5.74) is 3.45. The topological polar surface area (TPSA) is 60.8 Å². The zero-order valence-electron chi connectivity index (χ0n) is 11.8. The second-order valence-corrected chi connectivity index (χ2v) is 5.39. The summed E-state index contributed by atoms with van der Waals surface area (Å²) in [5, 5.41) is 19.2. The van der Waals surface area contributed by atoms with Crippen molar-refractivity contribution in [3.8, 4) is 11.5 Å². The van der Waals surface area contributed by atoms with Crippen molar-refractivity contribution in [1.82, 2.24) is 0 Å². The molecule has 4 heteroatoms. The number of nitrogens with zero attached hydrogens (tertiary/aromatic N) is 1. The third-order valence-corrected chi connectivity index (χ3v) is 3.81. The lowest BCUT2D eigenvalue weighted by Gasteiger charge is -2.30. The molecule has 1 heterocycles. The van der Waals surface area contributed by atoms with Crippen molar-refractivity contribution in [2.45, 2.75) is 19.8 Å². The number of aromatic hydroxyl groups is 2. The molecule has 0 saturated heterocycles. The van der Waals surface area contributed by atoms with Crippen LogP contribution in [0.2, 0.25) is 0 Å². The molecule has 0 atom stereocenters. The van der Waals surface area contributed by atoms with Gasteiger partial charge in [0.1, 0.15) is 11.5 Å².